The fourth-order valence-corrected chi connectivity index (χ4v) is 4.21. The van der Waals surface area contributed by atoms with Gasteiger partial charge in [-0.05, 0) is 42.5 Å². The van der Waals surface area contributed by atoms with Crippen molar-refractivity contribution >= 4 is 34.8 Å². The van der Waals surface area contributed by atoms with Gasteiger partial charge in [0.05, 0.1) is 17.4 Å². The first kappa shape index (κ1) is 18.8. The van der Waals surface area contributed by atoms with Crippen molar-refractivity contribution in [1.82, 2.24) is 0 Å². The molecule has 2 aliphatic heterocycles. The molecule has 0 saturated carbocycles. The normalized spacial score (nSPS) is 23.2. The number of para-hydroxylation sites is 1. The minimum Gasteiger partial charge on any atom is -0.273 e. The van der Waals surface area contributed by atoms with Crippen LogP contribution < -0.4 is 9.96 Å². The summed E-state index contributed by atoms with van der Waals surface area (Å²) < 4.78 is 14.8. The Labute approximate surface area is 177 Å². The molecule has 2 heterocycles. The van der Waals surface area contributed by atoms with Crippen molar-refractivity contribution in [2.24, 2.45) is 5.92 Å². The molecule has 0 unspecified atom stereocenters. The summed E-state index contributed by atoms with van der Waals surface area (Å²) in [6.45, 7) is 0. The maximum absolute atomic E-state index is 14.8. The summed E-state index contributed by atoms with van der Waals surface area (Å²) in [7, 11) is 0. The molecular formula is C23H16ClFN2O3. The number of hydrogen-bond donors (Lipinski definition) is 0. The van der Waals surface area contributed by atoms with Crippen molar-refractivity contribution in [3.05, 3.63) is 95.3 Å². The van der Waals surface area contributed by atoms with Crippen molar-refractivity contribution in [3.63, 3.8) is 0 Å². The highest BCUT2D eigenvalue weighted by Crippen LogP contribution is 2.48. The van der Waals surface area contributed by atoms with Gasteiger partial charge in [-0.25, -0.2) is 14.4 Å². The summed E-state index contributed by atoms with van der Waals surface area (Å²) in [6.07, 6.45) is -1.04. The topological polar surface area (TPSA) is 49.9 Å². The summed E-state index contributed by atoms with van der Waals surface area (Å²) in [5.41, 5.74) is 1.35. The van der Waals surface area contributed by atoms with Crippen LogP contribution in [0.3, 0.4) is 0 Å². The average molecular weight is 423 g/mol. The number of benzene rings is 3. The lowest BCUT2D eigenvalue weighted by molar-refractivity contribution is -0.126. The van der Waals surface area contributed by atoms with Crippen LogP contribution in [0.4, 0.5) is 15.8 Å². The zero-order valence-corrected chi connectivity index (χ0v) is 16.4. The predicted molar refractivity (Wildman–Crippen MR) is 110 cm³/mol. The van der Waals surface area contributed by atoms with E-state index in [0.717, 1.165) is 4.90 Å². The molecule has 5 nitrogen and oxygen atoms in total. The van der Waals surface area contributed by atoms with Gasteiger partial charge >= 0.3 is 0 Å². The molecule has 0 spiro atoms. The Morgan fingerprint density at radius 1 is 0.800 bits per heavy atom. The SMILES string of the molecule is O=C1[C@@H]2[C@@H](ON(c3ccccc3)[C@H]2c2ccccc2F)C(=O)N1c1ccc(Cl)cc1. The number of carbonyl (C=O) groups is 2. The first-order valence-corrected chi connectivity index (χ1v) is 9.83. The van der Waals surface area contributed by atoms with Crippen molar-refractivity contribution in [1.29, 1.82) is 0 Å². The van der Waals surface area contributed by atoms with Gasteiger partial charge in [0.15, 0.2) is 6.10 Å². The summed E-state index contributed by atoms with van der Waals surface area (Å²) in [5.74, 6) is -2.26. The Bertz CT molecular complexity index is 1120. The fourth-order valence-electron chi connectivity index (χ4n) is 4.09. The third kappa shape index (κ3) is 2.88. The Balaban J connectivity index is 1.60. The lowest BCUT2D eigenvalue weighted by Crippen LogP contribution is -2.37. The molecule has 7 heteroatoms. The molecule has 0 aromatic heterocycles. The van der Waals surface area contributed by atoms with E-state index in [1.807, 2.05) is 18.2 Å². The molecule has 0 N–H and O–H groups in total. The van der Waals surface area contributed by atoms with Crippen LogP contribution in [-0.2, 0) is 14.4 Å². The number of hydrogen-bond acceptors (Lipinski definition) is 4. The minimum atomic E-state index is -1.04. The number of nitrogens with zero attached hydrogens (tertiary/aromatic N) is 2. The highest BCUT2D eigenvalue weighted by Gasteiger charge is 2.60. The first-order valence-electron chi connectivity index (χ1n) is 9.45. The first-order chi connectivity index (χ1) is 14.6. The highest BCUT2D eigenvalue weighted by molar-refractivity contribution is 6.31. The molecule has 150 valence electrons. The Hall–Kier alpha value is -3.22. The van der Waals surface area contributed by atoms with Gasteiger partial charge in [0.25, 0.3) is 5.91 Å². The molecule has 2 saturated heterocycles. The molecule has 0 radical (unpaired) electrons. The third-order valence-electron chi connectivity index (χ3n) is 5.43. The van der Waals surface area contributed by atoms with Crippen LogP contribution in [0.15, 0.2) is 78.9 Å². The van der Waals surface area contributed by atoms with Gasteiger partial charge in [-0.2, -0.15) is 0 Å². The maximum Gasteiger partial charge on any atom is 0.266 e. The molecule has 2 amide bonds. The number of imide groups is 1. The highest BCUT2D eigenvalue weighted by atomic mass is 35.5. The molecule has 5 rings (SSSR count). The van der Waals surface area contributed by atoms with Gasteiger partial charge in [0.2, 0.25) is 5.91 Å². The van der Waals surface area contributed by atoms with Gasteiger partial charge in [-0.1, -0.05) is 48.0 Å². The predicted octanol–water partition coefficient (Wildman–Crippen LogP) is 4.53. The van der Waals surface area contributed by atoms with Crippen molar-refractivity contribution in [3.8, 4) is 0 Å². The van der Waals surface area contributed by atoms with Gasteiger partial charge in [-0.15, -0.1) is 0 Å². The summed E-state index contributed by atoms with van der Waals surface area (Å²) >= 11 is 5.93. The second-order valence-electron chi connectivity index (χ2n) is 7.17. The van der Waals surface area contributed by atoms with E-state index in [0.29, 0.717) is 22.0 Å². The molecule has 2 fully saturated rings. The number of fused-ring (bicyclic) bond motifs is 1. The number of halogens is 2. The van der Waals surface area contributed by atoms with Crippen LogP contribution in [0.5, 0.6) is 0 Å². The van der Waals surface area contributed by atoms with Crippen LogP contribution in [-0.4, -0.2) is 17.9 Å². The molecule has 3 atom stereocenters. The fraction of sp³-hybridized carbons (Fsp3) is 0.130. The molecule has 0 aliphatic carbocycles. The smallest absolute Gasteiger partial charge is 0.266 e. The summed E-state index contributed by atoms with van der Waals surface area (Å²) in [6, 6.07) is 20.9. The number of carbonyl (C=O) groups excluding carboxylic acids is 2. The van der Waals surface area contributed by atoms with E-state index in [2.05, 4.69) is 0 Å². The lowest BCUT2D eigenvalue weighted by Gasteiger charge is -2.29. The van der Waals surface area contributed by atoms with E-state index in [4.69, 9.17) is 16.4 Å². The summed E-state index contributed by atoms with van der Waals surface area (Å²) in [5, 5.41) is 1.97. The minimum absolute atomic E-state index is 0.299. The number of anilines is 2. The van der Waals surface area contributed by atoms with Gasteiger partial charge < -0.3 is 0 Å². The van der Waals surface area contributed by atoms with Gasteiger partial charge in [-0.3, -0.25) is 14.4 Å². The number of hydroxylamine groups is 1. The second-order valence-corrected chi connectivity index (χ2v) is 7.60. The number of amides is 2. The van der Waals surface area contributed by atoms with E-state index in [9.17, 15) is 14.0 Å². The zero-order valence-electron chi connectivity index (χ0n) is 15.6. The maximum atomic E-state index is 14.8. The second kappa shape index (κ2) is 7.23. The van der Waals surface area contributed by atoms with E-state index in [1.54, 1.807) is 54.6 Å². The van der Waals surface area contributed by atoms with E-state index >= 15 is 0 Å². The van der Waals surface area contributed by atoms with Crippen molar-refractivity contribution < 1.29 is 18.8 Å². The Kier molecular flexibility index (Phi) is 4.53. The third-order valence-corrected chi connectivity index (χ3v) is 5.69. The number of rotatable bonds is 3. The molecule has 2 aliphatic rings. The summed E-state index contributed by atoms with van der Waals surface area (Å²) in [4.78, 5) is 33.6. The average Bonchev–Trinajstić information content (AvgIpc) is 3.26. The van der Waals surface area contributed by atoms with E-state index in [-0.39, 0.29) is 0 Å². The van der Waals surface area contributed by atoms with E-state index in [1.165, 1.54) is 11.1 Å². The van der Waals surface area contributed by atoms with Gasteiger partial charge in [0, 0.05) is 10.6 Å². The Morgan fingerprint density at radius 2 is 1.47 bits per heavy atom. The standard InChI is InChI=1S/C23H16ClFN2O3/c24-14-10-12-15(13-11-14)26-22(28)19-20(17-8-4-5-9-18(17)25)27(30-21(19)23(26)29)16-6-2-1-3-7-16/h1-13,19-21H/t19-,20-,21+/m0/s1. The lowest BCUT2D eigenvalue weighted by atomic mass is 9.90. The van der Waals surface area contributed by atoms with Crippen LogP contribution >= 0.6 is 11.6 Å². The van der Waals surface area contributed by atoms with Crippen molar-refractivity contribution in [2.45, 2.75) is 12.1 Å². The zero-order chi connectivity index (χ0) is 20.8. The Morgan fingerprint density at radius 3 is 2.17 bits per heavy atom. The molecule has 30 heavy (non-hydrogen) atoms. The monoisotopic (exact) mass is 422 g/mol. The van der Waals surface area contributed by atoms with Crippen LogP contribution in [0, 0.1) is 11.7 Å². The van der Waals surface area contributed by atoms with E-state index < -0.39 is 35.7 Å². The van der Waals surface area contributed by atoms with Crippen LogP contribution in [0.2, 0.25) is 5.02 Å². The van der Waals surface area contributed by atoms with Gasteiger partial charge in [0.1, 0.15) is 11.7 Å². The largest absolute Gasteiger partial charge is 0.273 e. The van der Waals surface area contributed by atoms with Crippen LogP contribution in [0.1, 0.15) is 11.6 Å². The quantitative estimate of drug-likeness (QED) is 0.582. The van der Waals surface area contributed by atoms with Crippen LogP contribution in [0.25, 0.3) is 0 Å². The molecule has 3 aromatic rings. The molecule has 3 aromatic carbocycles. The van der Waals surface area contributed by atoms with Crippen molar-refractivity contribution in [2.75, 3.05) is 9.96 Å². The molecule has 0 bridgehead atoms. The molecular weight excluding hydrogens is 407 g/mol.